The molecule has 2 N–H and O–H groups in total. The summed E-state index contributed by atoms with van der Waals surface area (Å²) in [6.07, 6.45) is 4.78. The number of allylic oxidation sites excluding steroid dienone is 1. The second-order valence-corrected chi connectivity index (χ2v) is 2.08. The third-order valence-corrected chi connectivity index (χ3v) is 1.24. The first-order valence-electron chi connectivity index (χ1n) is 3.17. The SMILES string of the molecule is C=CC=Nc1c(N)ncn1C. The summed E-state index contributed by atoms with van der Waals surface area (Å²) in [5.74, 6) is 1.09. The fourth-order valence-electron chi connectivity index (χ4n) is 0.722. The van der Waals surface area contributed by atoms with Crippen molar-refractivity contribution in [3.63, 3.8) is 0 Å². The van der Waals surface area contributed by atoms with E-state index in [-0.39, 0.29) is 0 Å². The smallest absolute Gasteiger partial charge is 0.176 e. The van der Waals surface area contributed by atoms with Gasteiger partial charge in [-0.3, -0.25) is 0 Å². The van der Waals surface area contributed by atoms with Crippen molar-refractivity contribution in [1.29, 1.82) is 0 Å². The average molecular weight is 150 g/mol. The van der Waals surface area contributed by atoms with Crippen LogP contribution in [-0.4, -0.2) is 15.8 Å². The Hall–Kier alpha value is -1.58. The maximum atomic E-state index is 5.50. The van der Waals surface area contributed by atoms with Gasteiger partial charge in [0.15, 0.2) is 11.6 Å². The summed E-state index contributed by atoms with van der Waals surface area (Å²) in [4.78, 5) is 7.88. The van der Waals surface area contributed by atoms with E-state index in [1.807, 2.05) is 7.05 Å². The Morgan fingerprint density at radius 1 is 1.82 bits per heavy atom. The topological polar surface area (TPSA) is 56.2 Å². The Morgan fingerprint density at radius 3 is 3.00 bits per heavy atom. The van der Waals surface area contributed by atoms with Crippen LogP contribution in [0.25, 0.3) is 0 Å². The van der Waals surface area contributed by atoms with Gasteiger partial charge in [-0.15, -0.1) is 0 Å². The molecule has 0 radical (unpaired) electrons. The molecule has 0 spiro atoms. The Bertz CT molecular complexity index is 265. The average Bonchev–Trinajstić information content (AvgIpc) is 2.29. The second-order valence-electron chi connectivity index (χ2n) is 2.08. The zero-order valence-electron chi connectivity index (χ0n) is 6.36. The molecule has 4 heteroatoms. The van der Waals surface area contributed by atoms with Crippen LogP contribution in [0.2, 0.25) is 0 Å². The van der Waals surface area contributed by atoms with Gasteiger partial charge >= 0.3 is 0 Å². The van der Waals surface area contributed by atoms with Gasteiger partial charge in [0.05, 0.1) is 6.33 Å². The van der Waals surface area contributed by atoms with E-state index in [0.29, 0.717) is 11.6 Å². The molecule has 58 valence electrons. The molecule has 11 heavy (non-hydrogen) atoms. The molecule has 0 fully saturated rings. The number of aryl methyl sites for hydroxylation is 1. The zero-order chi connectivity index (χ0) is 8.27. The lowest BCUT2D eigenvalue weighted by atomic mass is 10.6. The third-order valence-electron chi connectivity index (χ3n) is 1.24. The van der Waals surface area contributed by atoms with Crippen LogP contribution in [0.15, 0.2) is 24.0 Å². The van der Waals surface area contributed by atoms with Gasteiger partial charge in [-0.1, -0.05) is 12.7 Å². The molecule has 1 aromatic heterocycles. The molecule has 1 aromatic rings. The Balaban J connectivity index is 3.00. The lowest BCUT2D eigenvalue weighted by molar-refractivity contribution is 0.913. The number of nitrogens with two attached hydrogens (primary N) is 1. The molecule has 0 aliphatic heterocycles. The molecule has 0 unspecified atom stereocenters. The molecule has 0 saturated carbocycles. The molecule has 0 bridgehead atoms. The number of imidazole rings is 1. The first kappa shape index (κ1) is 7.53. The molecule has 1 heterocycles. The van der Waals surface area contributed by atoms with Crippen molar-refractivity contribution in [1.82, 2.24) is 9.55 Å². The number of hydrogen-bond donors (Lipinski definition) is 1. The van der Waals surface area contributed by atoms with Crippen molar-refractivity contribution in [2.45, 2.75) is 0 Å². The molecular weight excluding hydrogens is 140 g/mol. The van der Waals surface area contributed by atoms with E-state index >= 15 is 0 Å². The van der Waals surface area contributed by atoms with Gasteiger partial charge in [-0.2, -0.15) is 0 Å². The van der Waals surface area contributed by atoms with E-state index in [0.717, 1.165) is 0 Å². The lowest BCUT2D eigenvalue weighted by Gasteiger charge is -1.93. The lowest BCUT2D eigenvalue weighted by Crippen LogP contribution is -1.87. The maximum absolute atomic E-state index is 5.50. The number of hydrogen-bond acceptors (Lipinski definition) is 3. The van der Waals surface area contributed by atoms with Crippen molar-refractivity contribution in [3.05, 3.63) is 19.0 Å². The van der Waals surface area contributed by atoms with Crippen LogP contribution in [0.4, 0.5) is 11.6 Å². The van der Waals surface area contributed by atoms with Crippen LogP contribution in [0.5, 0.6) is 0 Å². The van der Waals surface area contributed by atoms with Crippen LogP contribution in [0.1, 0.15) is 0 Å². The van der Waals surface area contributed by atoms with E-state index in [1.54, 1.807) is 23.2 Å². The van der Waals surface area contributed by atoms with Crippen LogP contribution >= 0.6 is 0 Å². The summed E-state index contributed by atoms with van der Waals surface area (Å²) >= 11 is 0. The second kappa shape index (κ2) is 3.01. The molecule has 0 amide bonds. The summed E-state index contributed by atoms with van der Waals surface area (Å²) in [6, 6.07) is 0. The van der Waals surface area contributed by atoms with Crippen molar-refractivity contribution in [2.24, 2.45) is 12.0 Å². The normalized spacial score (nSPS) is 10.6. The van der Waals surface area contributed by atoms with Gasteiger partial charge in [-0.25, -0.2) is 9.98 Å². The zero-order valence-corrected chi connectivity index (χ0v) is 6.36. The maximum Gasteiger partial charge on any atom is 0.176 e. The standard InChI is InChI=1S/C7H10N4/c1-3-4-9-7-6(8)10-5-11(7)2/h3-5H,1,8H2,2H3. The van der Waals surface area contributed by atoms with Gasteiger partial charge in [0.25, 0.3) is 0 Å². The van der Waals surface area contributed by atoms with Gasteiger partial charge in [-0.05, 0) is 0 Å². The fraction of sp³-hybridized carbons (Fsp3) is 0.143. The number of anilines is 1. The van der Waals surface area contributed by atoms with Crippen LogP contribution < -0.4 is 5.73 Å². The largest absolute Gasteiger partial charge is 0.381 e. The van der Waals surface area contributed by atoms with Gasteiger partial charge in [0.1, 0.15) is 0 Å². The molecule has 0 aliphatic carbocycles. The molecular formula is C7H10N4. The highest BCUT2D eigenvalue weighted by molar-refractivity contribution is 5.75. The first-order valence-corrected chi connectivity index (χ1v) is 3.17. The predicted octanol–water partition coefficient (Wildman–Crippen LogP) is 0.891. The number of rotatable bonds is 2. The summed E-state index contributed by atoms with van der Waals surface area (Å²) < 4.78 is 1.75. The fourth-order valence-corrected chi connectivity index (χ4v) is 0.722. The molecule has 0 saturated heterocycles. The molecule has 0 aliphatic rings. The van der Waals surface area contributed by atoms with E-state index in [4.69, 9.17) is 5.73 Å². The summed E-state index contributed by atoms with van der Waals surface area (Å²) in [6.45, 7) is 3.50. The summed E-state index contributed by atoms with van der Waals surface area (Å²) in [7, 11) is 1.83. The highest BCUT2D eigenvalue weighted by Crippen LogP contribution is 2.17. The van der Waals surface area contributed by atoms with Gasteiger partial charge in [0, 0.05) is 13.3 Å². The van der Waals surface area contributed by atoms with Crippen molar-refractivity contribution in [3.8, 4) is 0 Å². The van der Waals surface area contributed by atoms with E-state index in [2.05, 4.69) is 16.6 Å². The minimum atomic E-state index is 0.436. The van der Waals surface area contributed by atoms with Crippen LogP contribution in [-0.2, 0) is 7.05 Å². The minimum absolute atomic E-state index is 0.436. The highest BCUT2D eigenvalue weighted by atomic mass is 15.1. The Labute approximate surface area is 65.1 Å². The summed E-state index contributed by atoms with van der Waals surface area (Å²) in [5, 5.41) is 0. The van der Waals surface area contributed by atoms with Crippen molar-refractivity contribution < 1.29 is 0 Å². The third kappa shape index (κ3) is 1.46. The molecule has 4 nitrogen and oxygen atoms in total. The van der Waals surface area contributed by atoms with Crippen molar-refractivity contribution >= 4 is 17.9 Å². The number of nitrogen functional groups attached to an aromatic ring is 1. The Kier molecular flexibility index (Phi) is 2.06. The quantitative estimate of drug-likeness (QED) is 0.636. The van der Waals surface area contributed by atoms with E-state index in [9.17, 15) is 0 Å². The van der Waals surface area contributed by atoms with Crippen LogP contribution in [0, 0.1) is 0 Å². The highest BCUT2D eigenvalue weighted by Gasteiger charge is 2.00. The minimum Gasteiger partial charge on any atom is -0.381 e. The van der Waals surface area contributed by atoms with Gasteiger partial charge in [0.2, 0.25) is 0 Å². The summed E-state index contributed by atoms with van der Waals surface area (Å²) in [5.41, 5.74) is 5.50. The predicted molar refractivity (Wildman–Crippen MR) is 46.0 cm³/mol. The monoisotopic (exact) mass is 150 g/mol. The van der Waals surface area contributed by atoms with Crippen LogP contribution in [0.3, 0.4) is 0 Å². The van der Waals surface area contributed by atoms with Crippen molar-refractivity contribution in [2.75, 3.05) is 5.73 Å². The molecule has 1 rings (SSSR count). The number of nitrogens with zero attached hydrogens (tertiary/aromatic N) is 3. The molecule has 0 aromatic carbocycles. The first-order chi connectivity index (χ1) is 5.25. The molecule has 0 atom stereocenters. The van der Waals surface area contributed by atoms with Gasteiger partial charge < -0.3 is 10.3 Å². The number of aromatic nitrogens is 2. The number of aliphatic imine (C=N–C) groups is 1. The van der Waals surface area contributed by atoms with E-state index < -0.39 is 0 Å². The Morgan fingerprint density at radius 2 is 2.55 bits per heavy atom. The van der Waals surface area contributed by atoms with E-state index in [1.165, 1.54) is 0 Å².